The zero-order valence-corrected chi connectivity index (χ0v) is 21.7. The minimum absolute atomic E-state index is 0.251. The lowest BCUT2D eigenvalue weighted by Gasteiger charge is -2.25. The van der Waals surface area contributed by atoms with Gasteiger partial charge in [-0.15, -0.1) is 0 Å². The summed E-state index contributed by atoms with van der Waals surface area (Å²) in [5.41, 5.74) is 3.90. The van der Waals surface area contributed by atoms with Crippen molar-refractivity contribution >= 4 is 0 Å². The van der Waals surface area contributed by atoms with Gasteiger partial charge in [0.25, 0.3) is 0 Å². The number of ether oxygens (including phenoxy) is 3. The third kappa shape index (κ3) is 7.39. The summed E-state index contributed by atoms with van der Waals surface area (Å²) in [5, 5.41) is 12.7. The lowest BCUT2D eigenvalue weighted by molar-refractivity contribution is -0.155. The highest BCUT2D eigenvalue weighted by atomic mass is 16.6. The molecule has 0 bridgehead atoms. The second kappa shape index (κ2) is 13.8. The van der Waals surface area contributed by atoms with Crippen LogP contribution < -0.4 is 0 Å². The van der Waals surface area contributed by atoms with Crippen molar-refractivity contribution in [2.24, 2.45) is 0 Å². The molecule has 6 heteroatoms. The zero-order chi connectivity index (χ0) is 26.7. The van der Waals surface area contributed by atoms with Crippen LogP contribution in [0, 0.1) is 11.8 Å². The summed E-state index contributed by atoms with van der Waals surface area (Å²) < 4.78 is 19.0. The molecule has 6 nitrogen and oxygen atoms in total. The van der Waals surface area contributed by atoms with Crippen LogP contribution in [0.3, 0.4) is 0 Å². The maximum absolute atomic E-state index is 11.4. The van der Waals surface area contributed by atoms with E-state index in [0.29, 0.717) is 19.8 Å². The molecule has 4 aromatic rings. The summed E-state index contributed by atoms with van der Waals surface area (Å²) in [6.07, 6.45) is 2.41. The Morgan fingerprint density at radius 3 is 1.82 bits per heavy atom. The molecule has 0 spiro atoms. The molecular weight excluding hydrogens is 488 g/mol. The maximum Gasteiger partial charge on any atom is 0.125 e. The summed E-state index contributed by atoms with van der Waals surface area (Å²) in [6, 6.07) is 32.5. The van der Waals surface area contributed by atoms with Gasteiger partial charge in [0.15, 0.2) is 0 Å². The molecule has 5 rings (SSSR count). The average Bonchev–Trinajstić information content (AvgIpc) is 3.25. The fraction of sp³-hybridized carbons (Fsp3) is 0.242. The van der Waals surface area contributed by atoms with E-state index < -0.39 is 24.3 Å². The smallest absolute Gasteiger partial charge is 0.125 e. The fourth-order valence-corrected chi connectivity index (χ4v) is 4.62. The van der Waals surface area contributed by atoms with E-state index >= 15 is 0 Å². The van der Waals surface area contributed by atoms with Crippen molar-refractivity contribution < 1.29 is 19.4 Å². The number of hydroxylamine groups is 2. The number of rotatable bonds is 10. The van der Waals surface area contributed by atoms with Gasteiger partial charge < -0.3 is 19.4 Å². The van der Waals surface area contributed by atoms with Crippen LogP contribution >= 0.6 is 0 Å². The first kappa shape index (κ1) is 26.8. The Morgan fingerprint density at radius 2 is 1.26 bits per heavy atom. The second-order valence-corrected chi connectivity index (χ2v) is 9.43. The number of benzene rings is 3. The molecule has 3 aromatic carbocycles. The first-order valence-electron chi connectivity index (χ1n) is 13.1. The van der Waals surface area contributed by atoms with Crippen LogP contribution in [0.5, 0.6) is 0 Å². The summed E-state index contributed by atoms with van der Waals surface area (Å²) >= 11 is 0. The highest BCUT2D eigenvalue weighted by Gasteiger charge is 2.50. The number of hydrogen-bond acceptors (Lipinski definition) is 6. The molecule has 1 aliphatic heterocycles. The third-order valence-electron chi connectivity index (χ3n) is 6.64. The fourth-order valence-electron chi connectivity index (χ4n) is 4.62. The molecule has 1 aromatic heterocycles. The van der Waals surface area contributed by atoms with Crippen molar-refractivity contribution in [2.45, 2.75) is 44.1 Å². The Morgan fingerprint density at radius 1 is 0.692 bits per heavy atom. The molecule has 1 fully saturated rings. The van der Waals surface area contributed by atoms with Gasteiger partial charge in [0.2, 0.25) is 0 Å². The Labute approximate surface area is 229 Å². The molecule has 39 heavy (non-hydrogen) atoms. The van der Waals surface area contributed by atoms with Gasteiger partial charge in [-0.25, -0.2) is 0 Å². The normalized spacial score (nSPS) is 20.8. The Kier molecular flexibility index (Phi) is 9.48. The number of nitrogens with zero attached hydrogens (tertiary/aromatic N) is 2. The van der Waals surface area contributed by atoms with Gasteiger partial charge in [-0.2, -0.15) is 5.06 Å². The van der Waals surface area contributed by atoms with Gasteiger partial charge >= 0.3 is 0 Å². The molecule has 0 unspecified atom stereocenters. The van der Waals surface area contributed by atoms with E-state index in [-0.39, 0.29) is 6.61 Å². The minimum atomic E-state index is -0.625. The van der Waals surface area contributed by atoms with Crippen molar-refractivity contribution in [2.75, 3.05) is 6.61 Å². The number of hydrogen-bond donors (Lipinski definition) is 1. The summed E-state index contributed by atoms with van der Waals surface area (Å²) in [4.78, 5) is 4.15. The van der Waals surface area contributed by atoms with Crippen LogP contribution in [0.15, 0.2) is 116 Å². The minimum Gasteiger partial charge on any atom is -0.375 e. The largest absolute Gasteiger partial charge is 0.375 e. The van der Waals surface area contributed by atoms with Crippen molar-refractivity contribution in [3.8, 4) is 11.8 Å². The average molecular weight is 521 g/mol. The molecule has 1 saturated heterocycles. The molecular formula is C33H32N2O4. The monoisotopic (exact) mass is 520 g/mol. The molecule has 1 aliphatic rings. The SMILES string of the molecule is ON1[C@@H](C#Cc2cccnc2)[C@@H](OCc2ccccc2)[C@H](OCc2ccccc2)[C@@H]1COCc1ccccc1. The summed E-state index contributed by atoms with van der Waals surface area (Å²) in [7, 11) is 0. The van der Waals surface area contributed by atoms with Gasteiger partial charge in [0.05, 0.1) is 32.5 Å². The molecule has 0 aliphatic carbocycles. The lowest BCUT2D eigenvalue weighted by atomic mass is 10.1. The van der Waals surface area contributed by atoms with Crippen LogP contribution in [0.1, 0.15) is 22.3 Å². The molecule has 4 atom stereocenters. The van der Waals surface area contributed by atoms with Crippen LogP contribution in [-0.2, 0) is 34.0 Å². The first-order chi connectivity index (χ1) is 19.3. The van der Waals surface area contributed by atoms with Crippen molar-refractivity contribution in [1.82, 2.24) is 10.0 Å². The highest BCUT2D eigenvalue weighted by Crippen LogP contribution is 2.30. The van der Waals surface area contributed by atoms with E-state index in [4.69, 9.17) is 14.2 Å². The molecule has 198 valence electrons. The maximum atomic E-state index is 11.4. The third-order valence-corrected chi connectivity index (χ3v) is 6.64. The highest BCUT2D eigenvalue weighted by molar-refractivity contribution is 5.34. The van der Waals surface area contributed by atoms with E-state index in [9.17, 15) is 5.21 Å². The van der Waals surface area contributed by atoms with Crippen LogP contribution in [0.25, 0.3) is 0 Å². The lowest BCUT2D eigenvalue weighted by Crippen LogP contribution is -2.40. The van der Waals surface area contributed by atoms with Gasteiger partial charge in [-0.3, -0.25) is 4.98 Å². The predicted octanol–water partition coefficient (Wildman–Crippen LogP) is 5.26. The van der Waals surface area contributed by atoms with Gasteiger partial charge in [0.1, 0.15) is 18.2 Å². The van der Waals surface area contributed by atoms with Gasteiger partial charge in [0, 0.05) is 18.0 Å². The van der Waals surface area contributed by atoms with Crippen LogP contribution in [0.4, 0.5) is 0 Å². The quantitative estimate of drug-likeness (QED) is 0.288. The second-order valence-electron chi connectivity index (χ2n) is 9.43. The van der Waals surface area contributed by atoms with E-state index in [1.807, 2.05) is 103 Å². The van der Waals surface area contributed by atoms with Crippen molar-refractivity contribution in [1.29, 1.82) is 0 Å². The summed E-state index contributed by atoms with van der Waals surface area (Å²) in [5.74, 6) is 6.38. The van der Waals surface area contributed by atoms with E-state index in [1.54, 1.807) is 12.4 Å². The van der Waals surface area contributed by atoms with Crippen molar-refractivity contribution in [3.63, 3.8) is 0 Å². The zero-order valence-electron chi connectivity index (χ0n) is 21.7. The van der Waals surface area contributed by atoms with Crippen LogP contribution in [-0.4, -0.2) is 46.2 Å². The van der Waals surface area contributed by atoms with E-state index in [0.717, 1.165) is 22.3 Å². The molecule has 0 radical (unpaired) electrons. The Bertz CT molecular complexity index is 1330. The Hall–Kier alpha value is -3.83. The van der Waals surface area contributed by atoms with E-state index in [1.165, 1.54) is 5.06 Å². The Balaban J connectivity index is 1.40. The molecule has 0 saturated carbocycles. The topological polar surface area (TPSA) is 64.1 Å². The van der Waals surface area contributed by atoms with Crippen molar-refractivity contribution in [3.05, 3.63) is 138 Å². The predicted molar refractivity (Wildman–Crippen MR) is 148 cm³/mol. The standard InChI is InChI=1S/C33H32N2O4/c36-35-30(19-18-26-17-10-20-34-21-26)32(38-23-28-13-6-2-7-14-28)33(39-24-29-15-8-3-9-16-29)31(35)25-37-22-27-11-4-1-5-12-27/h1-17,20-21,30-33,36H,22-25H2/t30-,31-,32+,33+/m0/s1. The number of aromatic nitrogens is 1. The van der Waals surface area contributed by atoms with Gasteiger partial charge in [-0.1, -0.05) is 103 Å². The van der Waals surface area contributed by atoms with Crippen LogP contribution in [0.2, 0.25) is 0 Å². The molecule has 0 amide bonds. The summed E-state index contributed by atoms with van der Waals surface area (Å²) in [6.45, 7) is 1.43. The molecule has 1 N–H and O–H groups in total. The van der Waals surface area contributed by atoms with Gasteiger partial charge in [-0.05, 0) is 28.8 Å². The molecule has 2 heterocycles. The number of pyridine rings is 1. The first-order valence-corrected chi connectivity index (χ1v) is 13.1. The van der Waals surface area contributed by atoms with E-state index in [2.05, 4.69) is 16.8 Å².